The molecule has 0 aliphatic carbocycles. The van der Waals surface area contributed by atoms with Gasteiger partial charge in [0.05, 0.1) is 11.0 Å². The molecule has 2 aromatic carbocycles. The summed E-state index contributed by atoms with van der Waals surface area (Å²) in [4.78, 5) is 16.4. The Hall–Kier alpha value is -2.33. The lowest BCUT2D eigenvalue weighted by molar-refractivity contribution is 0.0951. The molecule has 106 valence electrons. The summed E-state index contributed by atoms with van der Waals surface area (Å²) in [5.74, 6) is -0.123. The molecule has 3 aromatic rings. The first-order chi connectivity index (χ1) is 10.1. The molecule has 0 saturated carbocycles. The SMILES string of the molecule is Cn1c(Cl)nc2cc(C(=O)NCc3ccccc3)ccc21. The number of carbonyl (C=O) groups is 1. The molecule has 0 saturated heterocycles. The van der Waals surface area contributed by atoms with Crippen LogP contribution in [0.15, 0.2) is 48.5 Å². The van der Waals surface area contributed by atoms with Gasteiger partial charge in [-0.25, -0.2) is 4.98 Å². The van der Waals surface area contributed by atoms with Gasteiger partial charge in [-0.1, -0.05) is 30.3 Å². The van der Waals surface area contributed by atoms with E-state index in [4.69, 9.17) is 11.6 Å². The van der Waals surface area contributed by atoms with Gasteiger partial charge in [0.2, 0.25) is 5.28 Å². The van der Waals surface area contributed by atoms with Crippen LogP contribution in [0.1, 0.15) is 15.9 Å². The lowest BCUT2D eigenvalue weighted by Crippen LogP contribution is -2.22. The topological polar surface area (TPSA) is 46.9 Å². The van der Waals surface area contributed by atoms with E-state index in [0.717, 1.165) is 16.6 Å². The van der Waals surface area contributed by atoms with Gasteiger partial charge in [-0.2, -0.15) is 0 Å². The van der Waals surface area contributed by atoms with Crippen molar-refractivity contribution >= 4 is 28.5 Å². The second-order valence-corrected chi connectivity index (χ2v) is 5.15. The molecular weight excluding hydrogens is 286 g/mol. The average Bonchev–Trinajstić information content (AvgIpc) is 2.80. The molecule has 0 aliphatic rings. The molecule has 1 amide bonds. The van der Waals surface area contributed by atoms with E-state index in [9.17, 15) is 4.79 Å². The predicted molar refractivity (Wildman–Crippen MR) is 83.3 cm³/mol. The second kappa shape index (κ2) is 5.58. The van der Waals surface area contributed by atoms with Crippen molar-refractivity contribution in [2.75, 3.05) is 0 Å². The zero-order chi connectivity index (χ0) is 14.8. The van der Waals surface area contributed by atoms with Gasteiger partial charge >= 0.3 is 0 Å². The first-order valence-electron chi connectivity index (χ1n) is 6.59. The molecular formula is C16H14ClN3O. The molecule has 21 heavy (non-hydrogen) atoms. The summed E-state index contributed by atoms with van der Waals surface area (Å²) < 4.78 is 1.78. The largest absolute Gasteiger partial charge is 0.348 e. The van der Waals surface area contributed by atoms with Crippen LogP contribution in [0.3, 0.4) is 0 Å². The number of hydrogen-bond donors (Lipinski definition) is 1. The van der Waals surface area contributed by atoms with Gasteiger partial charge in [0, 0.05) is 19.2 Å². The smallest absolute Gasteiger partial charge is 0.251 e. The summed E-state index contributed by atoms with van der Waals surface area (Å²) >= 11 is 5.98. The number of carbonyl (C=O) groups excluding carboxylic acids is 1. The standard InChI is InChI=1S/C16H14ClN3O/c1-20-14-8-7-12(9-13(14)19-16(20)17)15(21)18-10-11-5-3-2-4-6-11/h2-9H,10H2,1H3,(H,18,21). The number of benzene rings is 2. The summed E-state index contributed by atoms with van der Waals surface area (Å²) in [6.07, 6.45) is 0. The van der Waals surface area contributed by atoms with E-state index >= 15 is 0 Å². The van der Waals surface area contributed by atoms with Crippen molar-refractivity contribution in [1.82, 2.24) is 14.9 Å². The Kier molecular flexibility index (Phi) is 3.62. The van der Waals surface area contributed by atoms with Crippen molar-refractivity contribution in [2.45, 2.75) is 6.54 Å². The summed E-state index contributed by atoms with van der Waals surface area (Å²) in [6.45, 7) is 0.501. The van der Waals surface area contributed by atoms with Crippen LogP contribution in [-0.4, -0.2) is 15.5 Å². The maximum atomic E-state index is 12.2. The van der Waals surface area contributed by atoms with Crippen LogP contribution >= 0.6 is 11.6 Å². The number of halogens is 1. The normalized spacial score (nSPS) is 10.8. The van der Waals surface area contributed by atoms with E-state index in [2.05, 4.69) is 10.3 Å². The van der Waals surface area contributed by atoms with Crippen molar-refractivity contribution in [2.24, 2.45) is 7.05 Å². The van der Waals surface area contributed by atoms with Crippen LogP contribution in [0.2, 0.25) is 5.28 Å². The lowest BCUT2D eigenvalue weighted by Gasteiger charge is -2.05. The highest BCUT2D eigenvalue weighted by Crippen LogP contribution is 2.19. The summed E-state index contributed by atoms with van der Waals surface area (Å²) in [5.41, 5.74) is 3.26. The summed E-state index contributed by atoms with van der Waals surface area (Å²) in [5, 5.41) is 3.30. The minimum absolute atomic E-state index is 0.123. The molecule has 1 heterocycles. The van der Waals surface area contributed by atoms with Gasteiger partial charge in [0.1, 0.15) is 0 Å². The molecule has 1 aromatic heterocycles. The van der Waals surface area contributed by atoms with E-state index < -0.39 is 0 Å². The van der Waals surface area contributed by atoms with Crippen molar-refractivity contribution in [3.63, 3.8) is 0 Å². The molecule has 0 radical (unpaired) electrons. The fourth-order valence-electron chi connectivity index (χ4n) is 2.19. The molecule has 0 spiro atoms. The minimum atomic E-state index is -0.123. The van der Waals surface area contributed by atoms with E-state index in [1.54, 1.807) is 16.7 Å². The van der Waals surface area contributed by atoms with E-state index in [1.165, 1.54) is 0 Å². The maximum absolute atomic E-state index is 12.2. The Balaban J connectivity index is 1.78. The van der Waals surface area contributed by atoms with Gasteiger partial charge in [-0.05, 0) is 35.4 Å². The van der Waals surface area contributed by atoms with E-state index in [1.807, 2.05) is 43.4 Å². The van der Waals surface area contributed by atoms with Crippen LogP contribution in [-0.2, 0) is 13.6 Å². The Bertz CT molecular complexity index is 796. The molecule has 1 N–H and O–H groups in total. The number of aryl methyl sites for hydroxylation is 1. The number of nitrogens with zero attached hydrogens (tertiary/aromatic N) is 2. The van der Waals surface area contributed by atoms with E-state index in [-0.39, 0.29) is 5.91 Å². The Labute approximate surface area is 127 Å². The third-order valence-electron chi connectivity index (χ3n) is 3.38. The van der Waals surface area contributed by atoms with Gasteiger partial charge in [-0.15, -0.1) is 0 Å². The van der Waals surface area contributed by atoms with Gasteiger partial charge in [0.25, 0.3) is 5.91 Å². The molecule has 3 rings (SSSR count). The number of imidazole rings is 1. The first kappa shape index (κ1) is 13.6. The highest BCUT2D eigenvalue weighted by Gasteiger charge is 2.10. The highest BCUT2D eigenvalue weighted by atomic mass is 35.5. The number of hydrogen-bond acceptors (Lipinski definition) is 2. The van der Waals surface area contributed by atoms with Crippen LogP contribution in [0.4, 0.5) is 0 Å². The minimum Gasteiger partial charge on any atom is -0.348 e. The van der Waals surface area contributed by atoms with Crippen LogP contribution < -0.4 is 5.32 Å². The lowest BCUT2D eigenvalue weighted by atomic mass is 10.1. The molecule has 0 fully saturated rings. The van der Waals surface area contributed by atoms with Crippen molar-refractivity contribution in [1.29, 1.82) is 0 Å². The number of aromatic nitrogens is 2. The predicted octanol–water partition coefficient (Wildman–Crippen LogP) is 3.16. The van der Waals surface area contributed by atoms with Crippen LogP contribution in [0.25, 0.3) is 11.0 Å². The third kappa shape index (κ3) is 2.76. The van der Waals surface area contributed by atoms with Gasteiger partial charge in [-0.3, -0.25) is 4.79 Å². The summed E-state index contributed by atoms with van der Waals surface area (Å²) in [7, 11) is 1.84. The van der Waals surface area contributed by atoms with Crippen molar-refractivity contribution < 1.29 is 4.79 Å². The second-order valence-electron chi connectivity index (χ2n) is 4.81. The molecule has 0 unspecified atom stereocenters. The van der Waals surface area contributed by atoms with E-state index in [0.29, 0.717) is 17.4 Å². The monoisotopic (exact) mass is 299 g/mol. The number of amides is 1. The van der Waals surface area contributed by atoms with Gasteiger partial charge < -0.3 is 9.88 Å². The highest BCUT2D eigenvalue weighted by molar-refractivity contribution is 6.29. The maximum Gasteiger partial charge on any atom is 0.251 e. The summed E-state index contributed by atoms with van der Waals surface area (Å²) in [6, 6.07) is 15.2. The number of rotatable bonds is 3. The molecule has 0 aliphatic heterocycles. The molecule has 0 bridgehead atoms. The number of fused-ring (bicyclic) bond motifs is 1. The molecule has 5 heteroatoms. The van der Waals surface area contributed by atoms with Crippen LogP contribution in [0.5, 0.6) is 0 Å². The zero-order valence-electron chi connectivity index (χ0n) is 11.5. The number of nitrogens with one attached hydrogen (secondary N) is 1. The Morgan fingerprint density at radius 1 is 1.24 bits per heavy atom. The fourth-order valence-corrected chi connectivity index (χ4v) is 2.37. The Morgan fingerprint density at radius 3 is 2.76 bits per heavy atom. The third-order valence-corrected chi connectivity index (χ3v) is 3.72. The van der Waals surface area contributed by atoms with Crippen molar-refractivity contribution in [3.8, 4) is 0 Å². The molecule has 4 nitrogen and oxygen atoms in total. The molecule has 0 atom stereocenters. The fraction of sp³-hybridized carbons (Fsp3) is 0.125. The Morgan fingerprint density at radius 2 is 2.00 bits per heavy atom. The van der Waals surface area contributed by atoms with Crippen molar-refractivity contribution in [3.05, 3.63) is 64.9 Å². The first-order valence-corrected chi connectivity index (χ1v) is 6.97. The average molecular weight is 300 g/mol. The van der Waals surface area contributed by atoms with Gasteiger partial charge in [0.15, 0.2) is 0 Å². The zero-order valence-corrected chi connectivity index (χ0v) is 12.3. The quantitative estimate of drug-likeness (QED) is 0.807. The van der Waals surface area contributed by atoms with Crippen LogP contribution in [0, 0.1) is 0 Å².